The van der Waals surface area contributed by atoms with Crippen molar-refractivity contribution < 1.29 is 14.6 Å². The number of methoxy groups -OCH3 is 2. The molecule has 0 aliphatic heterocycles. The highest BCUT2D eigenvalue weighted by Gasteiger charge is 2.12. The molecule has 0 radical (unpaired) electrons. The molecule has 1 aromatic carbocycles. The van der Waals surface area contributed by atoms with E-state index in [1.54, 1.807) is 26.5 Å². The van der Waals surface area contributed by atoms with Gasteiger partial charge >= 0.3 is 0 Å². The molecule has 0 spiro atoms. The fourth-order valence-electron chi connectivity index (χ4n) is 2.36. The van der Waals surface area contributed by atoms with E-state index in [4.69, 9.17) is 21.1 Å². The van der Waals surface area contributed by atoms with Crippen molar-refractivity contribution in [2.75, 3.05) is 27.4 Å². The van der Waals surface area contributed by atoms with Crippen LogP contribution in [0.15, 0.2) is 36.5 Å². The molecular formula is C17H21ClN2O3. The number of rotatable bonds is 8. The third-order valence-corrected chi connectivity index (χ3v) is 3.72. The van der Waals surface area contributed by atoms with Gasteiger partial charge in [0.2, 0.25) is 0 Å². The van der Waals surface area contributed by atoms with E-state index in [9.17, 15) is 5.11 Å². The molecule has 0 bridgehead atoms. The second-order valence-corrected chi connectivity index (χ2v) is 5.49. The molecule has 6 heteroatoms. The molecule has 2 aromatic rings. The number of hydrogen-bond donors (Lipinski definition) is 1. The maximum absolute atomic E-state index is 9.33. The van der Waals surface area contributed by atoms with Crippen molar-refractivity contribution in [2.24, 2.45) is 0 Å². The highest BCUT2D eigenvalue weighted by Crippen LogP contribution is 2.25. The van der Waals surface area contributed by atoms with Crippen molar-refractivity contribution in [3.63, 3.8) is 0 Å². The SMILES string of the molecule is COc1ccc(OC)c(CN(CCO)Cc2ccc(Cl)nc2)c1. The van der Waals surface area contributed by atoms with E-state index in [0.717, 1.165) is 22.6 Å². The van der Waals surface area contributed by atoms with Crippen LogP contribution in [0.5, 0.6) is 11.5 Å². The van der Waals surface area contributed by atoms with Gasteiger partial charge in [-0.3, -0.25) is 4.90 Å². The molecule has 1 heterocycles. The van der Waals surface area contributed by atoms with Crippen molar-refractivity contribution >= 4 is 11.6 Å². The van der Waals surface area contributed by atoms with Gasteiger partial charge < -0.3 is 14.6 Å². The lowest BCUT2D eigenvalue weighted by Gasteiger charge is -2.23. The van der Waals surface area contributed by atoms with E-state index >= 15 is 0 Å². The van der Waals surface area contributed by atoms with Crippen molar-refractivity contribution in [3.8, 4) is 11.5 Å². The first-order valence-electron chi connectivity index (χ1n) is 7.30. The second kappa shape index (κ2) is 8.72. The summed E-state index contributed by atoms with van der Waals surface area (Å²) in [5.74, 6) is 1.57. The predicted molar refractivity (Wildman–Crippen MR) is 90.0 cm³/mol. The highest BCUT2D eigenvalue weighted by molar-refractivity contribution is 6.29. The van der Waals surface area contributed by atoms with Crippen molar-refractivity contribution in [1.82, 2.24) is 9.88 Å². The zero-order chi connectivity index (χ0) is 16.7. The lowest BCUT2D eigenvalue weighted by molar-refractivity contribution is 0.182. The van der Waals surface area contributed by atoms with E-state index in [0.29, 0.717) is 24.8 Å². The van der Waals surface area contributed by atoms with E-state index in [1.165, 1.54) is 0 Å². The van der Waals surface area contributed by atoms with Crippen molar-refractivity contribution in [3.05, 3.63) is 52.8 Å². The third-order valence-electron chi connectivity index (χ3n) is 3.49. The molecule has 124 valence electrons. The number of pyridine rings is 1. The normalized spacial score (nSPS) is 10.8. The monoisotopic (exact) mass is 336 g/mol. The Morgan fingerprint density at radius 3 is 2.57 bits per heavy atom. The maximum atomic E-state index is 9.33. The molecular weight excluding hydrogens is 316 g/mol. The van der Waals surface area contributed by atoms with Crippen LogP contribution in [0.1, 0.15) is 11.1 Å². The Hall–Kier alpha value is -1.82. The van der Waals surface area contributed by atoms with Crippen LogP contribution in [-0.2, 0) is 13.1 Å². The number of aliphatic hydroxyl groups excluding tert-OH is 1. The highest BCUT2D eigenvalue weighted by atomic mass is 35.5. The van der Waals surface area contributed by atoms with Crippen LogP contribution in [0, 0.1) is 0 Å². The maximum Gasteiger partial charge on any atom is 0.129 e. The molecule has 0 saturated carbocycles. The first-order chi connectivity index (χ1) is 11.2. The third kappa shape index (κ3) is 5.10. The van der Waals surface area contributed by atoms with E-state index in [1.807, 2.05) is 24.3 Å². The van der Waals surface area contributed by atoms with E-state index in [2.05, 4.69) is 9.88 Å². The number of halogens is 1. The summed E-state index contributed by atoms with van der Waals surface area (Å²) in [6, 6.07) is 9.39. The molecule has 23 heavy (non-hydrogen) atoms. The van der Waals surface area contributed by atoms with Crippen molar-refractivity contribution in [2.45, 2.75) is 13.1 Å². The summed E-state index contributed by atoms with van der Waals surface area (Å²) in [6.07, 6.45) is 1.75. The van der Waals surface area contributed by atoms with E-state index in [-0.39, 0.29) is 6.61 Å². The standard InChI is InChI=1S/C17H21ClN2O3/c1-22-15-4-5-16(23-2)14(9-15)12-20(7-8-21)11-13-3-6-17(18)19-10-13/h3-6,9-10,21H,7-8,11-12H2,1-2H3. The Morgan fingerprint density at radius 1 is 1.13 bits per heavy atom. The average Bonchev–Trinajstić information content (AvgIpc) is 2.57. The molecule has 0 atom stereocenters. The lowest BCUT2D eigenvalue weighted by atomic mass is 10.1. The zero-order valence-corrected chi connectivity index (χ0v) is 14.1. The molecule has 5 nitrogen and oxygen atoms in total. The van der Waals surface area contributed by atoms with Crippen LogP contribution in [0.2, 0.25) is 5.15 Å². The molecule has 0 saturated heterocycles. The van der Waals surface area contributed by atoms with Gasteiger partial charge in [-0.25, -0.2) is 4.98 Å². The van der Waals surface area contributed by atoms with E-state index < -0.39 is 0 Å². The minimum Gasteiger partial charge on any atom is -0.497 e. The number of aromatic nitrogens is 1. The Bertz CT molecular complexity index is 620. The summed E-state index contributed by atoms with van der Waals surface area (Å²) in [5, 5.41) is 9.80. The lowest BCUT2D eigenvalue weighted by Crippen LogP contribution is -2.26. The van der Waals surface area contributed by atoms with Gasteiger partial charge in [0.1, 0.15) is 16.7 Å². The van der Waals surface area contributed by atoms with Crippen LogP contribution in [0.3, 0.4) is 0 Å². The molecule has 0 unspecified atom stereocenters. The van der Waals surface area contributed by atoms with Crippen LogP contribution < -0.4 is 9.47 Å². The Kier molecular flexibility index (Phi) is 6.65. The van der Waals surface area contributed by atoms with Gasteiger partial charge in [-0.05, 0) is 29.8 Å². The van der Waals surface area contributed by atoms with Crippen LogP contribution in [0.25, 0.3) is 0 Å². The van der Waals surface area contributed by atoms with Gasteiger partial charge in [0.15, 0.2) is 0 Å². The summed E-state index contributed by atoms with van der Waals surface area (Å²) in [7, 11) is 3.28. The van der Waals surface area contributed by atoms with Crippen LogP contribution >= 0.6 is 11.6 Å². The number of ether oxygens (including phenoxy) is 2. The number of aliphatic hydroxyl groups is 1. The Labute approximate surface area is 141 Å². The minimum absolute atomic E-state index is 0.0767. The average molecular weight is 337 g/mol. The van der Waals surface area contributed by atoms with Gasteiger partial charge in [0.25, 0.3) is 0 Å². The summed E-state index contributed by atoms with van der Waals surface area (Å²) >= 11 is 5.82. The molecule has 0 fully saturated rings. The van der Waals surface area contributed by atoms with Crippen LogP contribution in [-0.4, -0.2) is 42.4 Å². The molecule has 1 N–H and O–H groups in total. The zero-order valence-electron chi connectivity index (χ0n) is 13.3. The fraction of sp³-hybridized carbons (Fsp3) is 0.353. The number of hydrogen-bond acceptors (Lipinski definition) is 5. The van der Waals surface area contributed by atoms with Crippen molar-refractivity contribution in [1.29, 1.82) is 0 Å². The summed E-state index contributed by atoms with van der Waals surface area (Å²) in [6.45, 7) is 1.91. The second-order valence-electron chi connectivity index (χ2n) is 5.10. The summed E-state index contributed by atoms with van der Waals surface area (Å²) < 4.78 is 10.7. The smallest absolute Gasteiger partial charge is 0.129 e. The number of nitrogens with zero attached hydrogens (tertiary/aromatic N) is 2. The first kappa shape index (κ1) is 17.5. The molecule has 0 aliphatic rings. The molecule has 2 rings (SSSR count). The predicted octanol–water partition coefficient (Wildman–Crippen LogP) is 2.75. The summed E-state index contributed by atoms with van der Waals surface area (Å²) in [4.78, 5) is 6.21. The Balaban J connectivity index is 2.16. The van der Waals surface area contributed by atoms with Crippen LogP contribution in [0.4, 0.5) is 0 Å². The number of benzene rings is 1. The van der Waals surface area contributed by atoms with Gasteiger partial charge in [0, 0.05) is 31.4 Å². The van der Waals surface area contributed by atoms with Gasteiger partial charge in [0.05, 0.1) is 20.8 Å². The molecule has 1 aromatic heterocycles. The fourth-order valence-corrected chi connectivity index (χ4v) is 2.47. The largest absolute Gasteiger partial charge is 0.497 e. The molecule has 0 amide bonds. The topological polar surface area (TPSA) is 54.8 Å². The molecule has 0 aliphatic carbocycles. The quantitative estimate of drug-likeness (QED) is 0.751. The van der Waals surface area contributed by atoms with Gasteiger partial charge in [-0.15, -0.1) is 0 Å². The summed E-state index contributed by atoms with van der Waals surface area (Å²) in [5.41, 5.74) is 2.03. The first-order valence-corrected chi connectivity index (χ1v) is 7.68. The Morgan fingerprint density at radius 2 is 1.96 bits per heavy atom. The van der Waals surface area contributed by atoms with Gasteiger partial charge in [-0.2, -0.15) is 0 Å². The minimum atomic E-state index is 0.0767. The van der Waals surface area contributed by atoms with Gasteiger partial charge in [-0.1, -0.05) is 17.7 Å².